The number of carbonyl (C=O) groups excluding carboxylic acids is 1. The first-order valence-corrected chi connectivity index (χ1v) is 6.89. The third-order valence-electron chi connectivity index (χ3n) is 2.87. The van der Waals surface area contributed by atoms with Crippen LogP contribution >= 0.6 is 0 Å². The molecule has 0 unspecified atom stereocenters. The molecular formula is C17H17N3O3. The van der Waals surface area contributed by atoms with Crippen LogP contribution in [-0.4, -0.2) is 30.8 Å². The van der Waals surface area contributed by atoms with Crippen molar-refractivity contribution in [3.05, 3.63) is 66.5 Å². The number of hydrogen-bond acceptors (Lipinski definition) is 5. The zero-order chi connectivity index (χ0) is 16.5. The van der Waals surface area contributed by atoms with Gasteiger partial charge in [-0.15, -0.1) is 0 Å². The van der Waals surface area contributed by atoms with Crippen LogP contribution in [0.5, 0.6) is 11.5 Å². The fourth-order valence-electron chi connectivity index (χ4n) is 1.77. The van der Waals surface area contributed by atoms with Gasteiger partial charge < -0.3 is 9.47 Å². The van der Waals surface area contributed by atoms with E-state index in [0.717, 1.165) is 5.56 Å². The highest BCUT2D eigenvalue weighted by atomic mass is 16.5. The number of amides is 1. The maximum absolute atomic E-state index is 11.8. The number of pyridine rings is 1. The molecule has 0 spiro atoms. The molecule has 2 aromatic rings. The average Bonchev–Trinajstić information content (AvgIpc) is 2.61. The molecule has 6 nitrogen and oxygen atoms in total. The predicted octanol–water partition coefficient (Wildman–Crippen LogP) is 2.42. The first kappa shape index (κ1) is 16.2. The fraction of sp³-hybridized carbons (Fsp3) is 0.118. The van der Waals surface area contributed by atoms with E-state index in [4.69, 9.17) is 9.47 Å². The smallest absolute Gasteiger partial charge is 0.271 e. The molecule has 1 aromatic heterocycles. The van der Waals surface area contributed by atoms with E-state index in [9.17, 15) is 4.79 Å². The van der Waals surface area contributed by atoms with Crippen LogP contribution in [0.2, 0.25) is 0 Å². The lowest BCUT2D eigenvalue weighted by Crippen LogP contribution is -2.17. The van der Waals surface area contributed by atoms with Gasteiger partial charge in [-0.05, 0) is 35.9 Å². The Labute approximate surface area is 134 Å². The highest BCUT2D eigenvalue weighted by Crippen LogP contribution is 2.27. The van der Waals surface area contributed by atoms with Gasteiger partial charge >= 0.3 is 0 Å². The highest BCUT2D eigenvalue weighted by molar-refractivity contribution is 5.94. The van der Waals surface area contributed by atoms with Crippen molar-refractivity contribution in [2.45, 2.75) is 0 Å². The summed E-state index contributed by atoms with van der Waals surface area (Å²) in [4.78, 5) is 15.7. The summed E-state index contributed by atoms with van der Waals surface area (Å²) < 4.78 is 10.7. The monoisotopic (exact) mass is 311 g/mol. The molecule has 0 bridgehead atoms. The van der Waals surface area contributed by atoms with E-state index in [-0.39, 0.29) is 5.91 Å². The van der Waals surface area contributed by atoms with E-state index in [1.54, 1.807) is 49.8 Å². The molecule has 0 aliphatic heterocycles. The van der Waals surface area contributed by atoms with Crippen LogP contribution in [0.1, 0.15) is 15.9 Å². The number of aromatic nitrogens is 1. The van der Waals surface area contributed by atoms with Gasteiger partial charge in [-0.25, -0.2) is 5.43 Å². The predicted molar refractivity (Wildman–Crippen MR) is 88.0 cm³/mol. The standard InChI is InChI=1S/C17H17N3O3/c1-3-10-23-15-5-4-13(11-16(15)22-2)12-19-20-17(21)14-6-8-18-9-7-14/h3-9,11-12H,1,10H2,2H3,(H,20,21)/b19-12+. The second-order valence-electron chi connectivity index (χ2n) is 4.44. The molecule has 1 N–H and O–H groups in total. The summed E-state index contributed by atoms with van der Waals surface area (Å²) in [5, 5.41) is 3.93. The van der Waals surface area contributed by atoms with Gasteiger partial charge in [0, 0.05) is 18.0 Å². The van der Waals surface area contributed by atoms with Crippen molar-refractivity contribution in [2.75, 3.05) is 13.7 Å². The Hall–Kier alpha value is -3.15. The molecule has 0 aliphatic carbocycles. The van der Waals surface area contributed by atoms with Crippen molar-refractivity contribution in [3.8, 4) is 11.5 Å². The molecule has 2 rings (SSSR count). The average molecular weight is 311 g/mol. The van der Waals surface area contributed by atoms with Crippen molar-refractivity contribution in [1.29, 1.82) is 0 Å². The highest BCUT2D eigenvalue weighted by Gasteiger charge is 2.05. The van der Waals surface area contributed by atoms with E-state index in [2.05, 4.69) is 22.1 Å². The maximum Gasteiger partial charge on any atom is 0.271 e. The zero-order valence-electron chi connectivity index (χ0n) is 12.7. The molecule has 6 heteroatoms. The third-order valence-corrected chi connectivity index (χ3v) is 2.87. The van der Waals surface area contributed by atoms with Crippen LogP contribution in [0, 0.1) is 0 Å². The number of ether oxygens (including phenoxy) is 2. The minimum Gasteiger partial charge on any atom is -0.493 e. The largest absolute Gasteiger partial charge is 0.493 e. The summed E-state index contributed by atoms with van der Waals surface area (Å²) in [6, 6.07) is 8.57. The molecule has 0 fully saturated rings. The number of nitrogens with one attached hydrogen (secondary N) is 1. The Morgan fingerprint density at radius 2 is 2.09 bits per heavy atom. The minimum absolute atomic E-state index is 0.304. The molecule has 0 saturated heterocycles. The molecule has 0 radical (unpaired) electrons. The van der Waals surface area contributed by atoms with Crippen molar-refractivity contribution >= 4 is 12.1 Å². The Morgan fingerprint density at radius 3 is 2.78 bits per heavy atom. The van der Waals surface area contributed by atoms with Crippen LogP contribution in [-0.2, 0) is 0 Å². The SMILES string of the molecule is C=CCOc1ccc(/C=N/NC(=O)c2ccncc2)cc1OC. The first-order valence-electron chi connectivity index (χ1n) is 6.89. The van der Waals surface area contributed by atoms with Crippen LogP contribution < -0.4 is 14.9 Å². The van der Waals surface area contributed by atoms with Crippen molar-refractivity contribution < 1.29 is 14.3 Å². The maximum atomic E-state index is 11.8. The molecule has 0 aliphatic rings. The summed E-state index contributed by atoms with van der Waals surface area (Å²) in [7, 11) is 1.56. The van der Waals surface area contributed by atoms with Crippen molar-refractivity contribution in [3.63, 3.8) is 0 Å². The molecule has 23 heavy (non-hydrogen) atoms. The number of hydrogen-bond donors (Lipinski definition) is 1. The van der Waals surface area contributed by atoms with E-state index in [1.807, 2.05) is 6.07 Å². The Morgan fingerprint density at radius 1 is 1.30 bits per heavy atom. The number of nitrogens with zero attached hydrogens (tertiary/aromatic N) is 2. The Balaban J connectivity index is 2.02. The van der Waals surface area contributed by atoms with Gasteiger partial charge in [0.05, 0.1) is 13.3 Å². The van der Waals surface area contributed by atoms with Crippen molar-refractivity contribution in [1.82, 2.24) is 10.4 Å². The van der Waals surface area contributed by atoms with Crippen LogP contribution in [0.3, 0.4) is 0 Å². The van der Waals surface area contributed by atoms with Crippen molar-refractivity contribution in [2.24, 2.45) is 5.10 Å². The second kappa shape index (κ2) is 8.33. The van der Waals surface area contributed by atoms with Gasteiger partial charge in [-0.3, -0.25) is 9.78 Å². The van der Waals surface area contributed by atoms with E-state index < -0.39 is 0 Å². The van der Waals surface area contributed by atoms with E-state index >= 15 is 0 Å². The first-order chi connectivity index (χ1) is 11.2. The Kier molecular flexibility index (Phi) is 5.88. The third kappa shape index (κ3) is 4.67. The second-order valence-corrected chi connectivity index (χ2v) is 4.44. The quantitative estimate of drug-likeness (QED) is 0.484. The van der Waals surface area contributed by atoms with Crippen LogP contribution in [0.15, 0.2) is 60.5 Å². The van der Waals surface area contributed by atoms with Gasteiger partial charge in [-0.2, -0.15) is 5.10 Å². The van der Waals surface area contributed by atoms with E-state index in [0.29, 0.717) is 23.7 Å². The molecule has 1 amide bonds. The molecular weight excluding hydrogens is 294 g/mol. The summed E-state index contributed by atoms with van der Waals surface area (Å²) in [5.74, 6) is 0.892. The molecule has 118 valence electrons. The number of benzene rings is 1. The Bertz CT molecular complexity index is 699. The topological polar surface area (TPSA) is 72.8 Å². The fourth-order valence-corrected chi connectivity index (χ4v) is 1.77. The minimum atomic E-state index is -0.304. The summed E-state index contributed by atoms with van der Waals surface area (Å²) in [6.45, 7) is 3.99. The van der Waals surface area contributed by atoms with Gasteiger partial charge in [0.25, 0.3) is 5.91 Å². The number of hydrazone groups is 1. The van der Waals surface area contributed by atoms with Gasteiger partial charge in [0.1, 0.15) is 6.61 Å². The summed E-state index contributed by atoms with van der Waals surface area (Å²) in [6.07, 6.45) is 6.28. The van der Waals surface area contributed by atoms with Crippen LogP contribution in [0.25, 0.3) is 0 Å². The normalized spacial score (nSPS) is 10.3. The van der Waals surface area contributed by atoms with Crippen LogP contribution in [0.4, 0.5) is 0 Å². The molecule has 0 saturated carbocycles. The number of carbonyl (C=O) groups is 1. The van der Waals surface area contributed by atoms with Gasteiger partial charge in [0.15, 0.2) is 11.5 Å². The molecule has 1 aromatic carbocycles. The molecule has 0 atom stereocenters. The molecule has 1 heterocycles. The summed E-state index contributed by atoms with van der Waals surface area (Å²) >= 11 is 0. The lowest BCUT2D eigenvalue weighted by molar-refractivity contribution is 0.0955. The lowest BCUT2D eigenvalue weighted by atomic mass is 10.2. The zero-order valence-corrected chi connectivity index (χ0v) is 12.7. The summed E-state index contributed by atoms with van der Waals surface area (Å²) in [5.41, 5.74) is 3.71. The number of rotatable bonds is 7. The lowest BCUT2D eigenvalue weighted by Gasteiger charge is -2.09. The van der Waals surface area contributed by atoms with Gasteiger partial charge in [0.2, 0.25) is 0 Å². The number of methoxy groups -OCH3 is 1. The van der Waals surface area contributed by atoms with Gasteiger partial charge in [-0.1, -0.05) is 12.7 Å². The van der Waals surface area contributed by atoms with E-state index in [1.165, 1.54) is 6.21 Å².